The van der Waals surface area contributed by atoms with Gasteiger partial charge in [-0.15, -0.1) is 0 Å². The van der Waals surface area contributed by atoms with Crippen LogP contribution in [-0.4, -0.2) is 26.1 Å². The highest BCUT2D eigenvalue weighted by Gasteiger charge is 2.16. The minimum Gasteiger partial charge on any atom is -0.495 e. The molecule has 1 aliphatic rings. The largest absolute Gasteiger partial charge is 0.495 e. The normalized spacial score (nSPS) is 14.9. The number of nitrogens with one attached hydrogen (secondary N) is 2. The van der Waals surface area contributed by atoms with Crippen molar-refractivity contribution in [2.75, 3.05) is 25.5 Å². The van der Waals surface area contributed by atoms with Gasteiger partial charge in [0.05, 0.1) is 19.3 Å². The number of hydrogen-bond acceptors (Lipinski definition) is 3. The van der Waals surface area contributed by atoms with E-state index in [9.17, 15) is 4.79 Å². The SMILES string of the molecule is COc1ccccc1NC(=O)CNCC1CCC1. The van der Waals surface area contributed by atoms with E-state index in [4.69, 9.17) is 4.74 Å². The Morgan fingerprint density at radius 2 is 2.17 bits per heavy atom. The Labute approximate surface area is 108 Å². The predicted octanol–water partition coefficient (Wildman–Crippen LogP) is 2.02. The number of methoxy groups -OCH3 is 1. The second-order valence-corrected chi connectivity index (χ2v) is 4.68. The van der Waals surface area contributed by atoms with Gasteiger partial charge in [-0.2, -0.15) is 0 Å². The van der Waals surface area contributed by atoms with Gasteiger partial charge in [-0.05, 0) is 37.4 Å². The highest BCUT2D eigenvalue weighted by molar-refractivity contribution is 5.93. The summed E-state index contributed by atoms with van der Waals surface area (Å²) in [6.45, 7) is 1.30. The summed E-state index contributed by atoms with van der Waals surface area (Å²) < 4.78 is 5.18. The second kappa shape index (κ2) is 6.40. The standard InChI is InChI=1S/C14H20N2O2/c1-18-13-8-3-2-7-12(13)16-14(17)10-15-9-11-5-4-6-11/h2-3,7-8,11,15H,4-6,9-10H2,1H3,(H,16,17). The number of hydrogen-bond donors (Lipinski definition) is 2. The molecule has 2 N–H and O–H groups in total. The topological polar surface area (TPSA) is 50.4 Å². The van der Waals surface area contributed by atoms with Gasteiger partial charge in [0.15, 0.2) is 0 Å². The molecule has 98 valence electrons. The van der Waals surface area contributed by atoms with Crippen LogP contribution >= 0.6 is 0 Å². The summed E-state index contributed by atoms with van der Waals surface area (Å²) in [6, 6.07) is 7.42. The van der Waals surface area contributed by atoms with Crippen molar-refractivity contribution >= 4 is 11.6 Å². The summed E-state index contributed by atoms with van der Waals surface area (Å²) in [5.41, 5.74) is 0.718. The van der Waals surface area contributed by atoms with Crippen molar-refractivity contribution in [3.05, 3.63) is 24.3 Å². The molecular weight excluding hydrogens is 228 g/mol. The summed E-state index contributed by atoms with van der Waals surface area (Å²) in [6.07, 6.45) is 3.92. The quantitative estimate of drug-likeness (QED) is 0.810. The van der Waals surface area contributed by atoms with Gasteiger partial charge in [0, 0.05) is 0 Å². The molecular formula is C14H20N2O2. The second-order valence-electron chi connectivity index (χ2n) is 4.68. The van der Waals surface area contributed by atoms with Crippen molar-refractivity contribution in [1.82, 2.24) is 5.32 Å². The first kappa shape index (κ1) is 12.9. The lowest BCUT2D eigenvalue weighted by Crippen LogP contribution is -2.33. The van der Waals surface area contributed by atoms with Crippen LogP contribution in [0.25, 0.3) is 0 Å². The molecule has 0 spiro atoms. The van der Waals surface area contributed by atoms with Crippen molar-refractivity contribution in [2.24, 2.45) is 5.92 Å². The summed E-state index contributed by atoms with van der Waals surface area (Å²) in [5, 5.41) is 6.04. The Kier molecular flexibility index (Phi) is 4.59. The van der Waals surface area contributed by atoms with E-state index in [1.807, 2.05) is 24.3 Å². The van der Waals surface area contributed by atoms with Crippen LogP contribution in [0.2, 0.25) is 0 Å². The first-order valence-corrected chi connectivity index (χ1v) is 6.43. The van der Waals surface area contributed by atoms with Crippen molar-refractivity contribution < 1.29 is 9.53 Å². The zero-order chi connectivity index (χ0) is 12.8. The highest BCUT2D eigenvalue weighted by Crippen LogP contribution is 2.25. The molecule has 0 unspecified atom stereocenters. The molecule has 1 aliphatic carbocycles. The molecule has 1 amide bonds. The van der Waals surface area contributed by atoms with E-state index < -0.39 is 0 Å². The number of ether oxygens (including phenoxy) is 1. The fraction of sp³-hybridized carbons (Fsp3) is 0.500. The number of rotatable bonds is 6. The van der Waals surface area contributed by atoms with Gasteiger partial charge in [0.1, 0.15) is 5.75 Å². The van der Waals surface area contributed by atoms with E-state index in [0.717, 1.165) is 18.2 Å². The molecule has 0 radical (unpaired) electrons. The van der Waals surface area contributed by atoms with Crippen LogP contribution in [-0.2, 0) is 4.79 Å². The zero-order valence-electron chi connectivity index (χ0n) is 10.7. The van der Waals surface area contributed by atoms with Crippen molar-refractivity contribution in [1.29, 1.82) is 0 Å². The van der Waals surface area contributed by atoms with Crippen LogP contribution in [0.3, 0.4) is 0 Å². The first-order valence-electron chi connectivity index (χ1n) is 6.43. The van der Waals surface area contributed by atoms with E-state index in [1.165, 1.54) is 19.3 Å². The van der Waals surface area contributed by atoms with Gasteiger partial charge in [-0.3, -0.25) is 4.79 Å². The number of carbonyl (C=O) groups is 1. The first-order chi connectivity index (χ1) is 8.79. The fourth-order valence-electron chi connectivity index (χ4n) is 2.03. The highest BCUT2D eigenvalue weighted by atomic mass is 16.5. The van der Waals surface area contributed by atoms with Crippen LogP contribution in [0.1, 0.15) is 19.3 Å². The number of para-hydroxylation sites is 2. The summed E-state index contributed by atoms with van der Waals surface area (Å²) in [4.78, 5) is 11.7. The average molecular weight is 248 g/mol. The van der Waals surface area contributed by atoms with Crippen molar-refractivity contribution in [3.63, 3.8) is 0 Å². The van der Waals surface area contributed by atoms with E-state index in [0.29, 0.717) is 12.3 Å². The molecule has 0 aromatic heterocycles. The Bertz CT molecular complexity index is 403. The van der Waals surface area contributed by atoms with Crippen LogP contribution in [0, 0.1) is 5.92 Å². The molecule has 1 aromatic rings. The van der Waals surface area contributed by atoms with Gasteiger partial charge >= 0.3 is 0 Å². The van der Waals surface area contributed by atoms with Crippen LogP contribution in [0.4, 0.5) is 5.69 Å². The number of benzene rings is 1. The minimum atomic E-state index is -0.0289. The molecule has 0 atom stereocenters. The lowest BCUT2D eigenvalue weighted by molar-refractivity contribution is -0.115. The maximum atomic E-state index is 11.7. The average Bonchev–Trinajstić information content (AvgIpc) is 2.33. The Hall–Kier alpha value is -1.55. The third kappa shape index (κ3) is 3.47. The van der Waals surface area contributed by atoms with E-state index in [2.05, 4.69) is 10.6 Å². The number of amides is 1. The Morgan fingerprint density at radius 3 is 2.83 bits per heavy atom. The summed E-state index contributed by atoms with van der Waals surface area (Å²) >= 11 is 0. The molecule has 0 aliphatic heterocycles. The fourth-order valence-corrected chi connectivity index (χ4v) is 2.03. The lowest BCUT2D eigenvalue weighted by Gasteiger charge is -2.25. The Balaban J connectivity index is 1.75. The molecule has 18 heavy (non-hydrogen) atoms. The predicted molar refractivity (Wildman–Crippen MR) is 71.8 cm³/mol. The molecule has 4 heteroatoms. The molecule has 2 rings (SSSR count). The van der Waals surface area contributed by atoms with Gasteiger partial charge in [0.25, 0.3) is 0 Å². The van der Waals surface area contributed by atoms with Gasteiger partial charge in [0.2, 0.25) is 5.91 Å². The number of anilines is 1. The molecule has 1 fully saturated rings. The minimum absolute atomic E-state index is 0.0289. The van der Waals surface area contributed by atoms with Gasteiger partial charge in [-0.1, -0.05) is 18.6 Å². The molecule has 1 aromatic carbocycles. The van der Waals surface area contributed by atoms with Gasteiger partial charge in [-0.25, -0.2) is 0 Å². The van der Waals surface area contributed by atoms with Crippen LogP contribution in [0.15, 0.2) is 24.3 Å². The monoisotopic (exact) mass is 248 g/mol. The third-order valence-corrected chi connectivity index (χ3v) is 3.32. The zero-order valence-corrected chi connectivity index (χ0v) is 10.7. The smallest absolute Gasteiger partial charge is 0.238 e. The van der Waals surface area contributed by atoms with Crippen LogP contribution in [0.5, 0.6) is 5.75 Å². The van der Waals surface area contributed by atoms with E-state index in [1.54, 1.807) is 7.11 Å². The molecule has 0 bridgehead atoms. The summed E-state index contributed by atoms with van der Waals surface area (Å²) in [5.74, 6) is 1.42. The number of carbonyl (C=O) groups excluding carboxylic acids is 1. The molecule has 1 saturated carbocycles. The molecule has 0 saturated heterocycles. The lowest BCUT2D eigenvalue weighted by atomic mass is 9.85. The van der Waals surface area contributed by atoms with Crippen molar-refractivity contribution in [3.8, 4) is 5.75 Å². The van der Waals surface area contributed by atoms with Crippen molar-refractivity contribution in [2.45, 2.75) is 19.3 Å². The maximum absolute atomic E-state index is 11.7. The van der Waals surface area contributed by atoms with Crippen LogP contribution < -0.4 is 15.4 Å². The maximum Gasteiger partial charge on any atom is 0.238 e. The molecule has 4 nitrogen and oxygen atoms in total. The summed E-state index contributed by atoms with van der Waals surface area (Å²) in [7, 11) is 1.60. The van der Waals surface area contributed by atoms with E-state index >= 15 is 0 Å². The van der Waals surface area contributed by atoms with Gasteiger partial charge < -0.3 is 15.4 Å². The van der Waals surface area contributed by atoms with E-state index in [-0.39, 0.29) is 5.91 Å². The Morgan fingerprint density at radius 1 is 1.39 bits per heavy atom. The third-order valence-electron chi connectivity index (χ3n) is 3.32. The molecule has 0 heterocycles.